The minimum Gasteiger partial charge on any atom is -0.385 e. The molecule has 3 aromatic rings. The minimum atomic E-state index is -0.233. The van der Waals surface area contributed by atoms with Gasteiger partial charge in [0.25, 0.3) is 5.56 Å². The Hall–Kier alpha value is -1.91. The van der Waals surface area contributed by atoms with E-state index in [1.54, 1.807) is 33.5 Å². The summed E-state index contributed by atoms with van der Waals surface area (Å²) in [6.07, 6.45) is 5.02. The topological polar surface area (TPSA) is 94.3 Å². The number of ether oxygens (including phenoxy) is 1. The molecule has 27 heavy (non-hydrogen) atoms. The van der Waals surface area contributed by atoms with Crippen LogP contribution < -0.4 is 11.2 Å². The molecule has 0 atom stereocenters. The molecule has 0 saturated carbocycles. The summed E-state index contributed by atoms with van der Waals surface area (Å²) < 4.78 is 8.40. The van der Waals surface area contributed by atoms with Gasteiger partial charge in [-0.05, 0) is 32.1 Å². The number of aromatic nitrogens is 5. The third-order valence-electron chi connectivity index (χ3n) is 4.62. The number of methoxy groups -OCH3 is 1. The summed E-state index contributed by atoms with van der Waals surface area (Å²) in [6, 6.07) is 1.60. The highest BCUT2D eigenvalue weighted by atomic mass is 32.2. The maximum atomic E-state index is 12.6. The van der Waals surface area contributed by atoms with E-state index >= 15 is 0 Å². The predicted octanol–water partition coefficient (Wildman–Crippen LogP) is 1.85. The van der Waals surface area contributed by atoms with Crippen molar-refractivity contribution in [3.63, 3.8) is 0 Å². The minimum absolute atomic E-state index is 0.0190. The van der Waals surface area contributed by atoms with Crippen LogP contribution in [-0.4, -0.2) is 37.9 Å². The Morgan fingerprint density at radius 2 is 2.19 bits per heavy atom. The zero-order valence-electron chi connectivity index (χ0n) is 15.1. The van der Waals surface area contributed by atoms with Gasteiger partial charge in [-0.25, -0.2) is 14.9 Å². The van der Waals surface area contributed by atoms with Crippen LogP contribution in [0.4, 0.5) is 0 Å². The molecular weight excluding hydrogens is 386 g/mol. The normalized spacial score (nSPS) is 14.0. The van der Waals surface area contributed by atoms with E-state index in [2.05, 4.69) is 15.2 Å². The van der Waals surface area contributed by atoms with E-state index < -0.39 is 0 Å². The number of nitrogens with zero attached hydrogens (tertiary/aromatic N) is 4. The standard InChI is InChI=1S/C17H21N5O3S2/c1-25-8-4-7-21-15(24)19-20-17(21)26-10-11-9-14(23)22-12-5-2-3-6-13(12)27-16(22)18-11/h9H,2-8,10H2,1H3,(H,19,24). The van der Waals surface area contributed by atoms with Gasteiger partial charge in [-0.15, -0.1) is 16.4 Å². The molecule has 0 radical (unpaired) electrons. The summed E-state index contributed by atoms with van der Waals surface area (Å²) in [4.78, 5) is 31.3. The predicted molar refractivity (Wildman–Crippen MR) is 105 cm³/mol. The van der Waals surface area contributed by atoms with Crippen molar-refractivity contribution in [3.05, 3.63) is 43.2 Å². The molecule has 10 heteroatoms. The first-order valence-electron chi connectivity index (χ1n) is 8.97. The summed E-state index contributed by atoms with van der Waals surface area (Å²) >= 11 is 3.03. The van der Waals surface area contributed by atoms with Crippen molar-refractivity contribution < 1.29 is 4.74 Å². The fraction of sp³-hybridized carbons (Fsp3) is 0.529. The van der Waals surface area contributed by atoms with Crippen LogP contribution in [-0.2, 0) is 29.9 Å². The molecule has 0 aromatic carbocycles. The van der Waals surface area contributed by atoms with Gasteiger partial charge in [-0.1, -0.05) is 11.8 Å². The highest BCUT2D eigenvalue weighted by Crippen LogP contribution is 2.28. The molecule has 1 aliphatic carbocycles. The van der Waals surface area contributed by atoms with Crippen molar-refractivity contribution in [3.8, 4) is 0 Å². The van der Waals surface area contributed by atoms with Crippen molar-refractivity contribution in [2.75, 3.05) is 13.7 Å². The van der Waals surface area contributed by atoms with Crippen LogP contribution in [0.1, 0.15) is 35.5 Å². The summed E-state index contributed by atoms with van der Waals surface area (Å²) in [6.45, 7) is 1.12. The van der Waals surface area contributed by atoms with E-state index in [9.17, 15) is 9.59 Å². The molecule has 0 bridgehead atoms. The van der Waals surface area contributed by atoms with Gasteiger partial charge in [0.05, 0.1) is 5.69 Å². The Labute approximate surface area is 163 Å². The van der Waals surface area contributed by atoms with Crippen molar-refractivity contribution in [1.29, 1.82) is 0 Å². The second-order valence-corrected chi connectivity index (χ2v) is 8.49. The molecule has 3 aromatic heterocycles. The molecule has 4 rings (SSSR count). The highest BCUT2D eigenvalue weighted by Gasteiger charge is 2.18. The average molecular weight is 408 g/mol. The van der Waals surface area contributed by atoms with Gasteiger partial charge < -0.3 is 4.74 Å². The summed E-state index contributed by atoms with van der Waals surface area (Å²) in [5, 5.41) is 7.17. The number of thioether (sulfide) groups is 1. The lowest BCUT2D eigenvalue weighted by atomic mass is 10.0. The molecular formula is C17H21N5O3S2. The number of thiazole rings is 1. The van der Waals surface area contributed by atoms with Crippen molar-refractivity contribution in [1.82, 2.24) is 24.1 Å². The van der Waals surface area contributed by atoms with E-state index in [-0.39, 0.29) is 11.2 Å². The van der Waals surface area contributed by atoms with Crippen molar-refractivity contribution >= 4 is 28.1 Å². The van der Waals surface area contributed by atoms with Crippen LogP contribution >= 0.6 is 23.1 Å². The van der Waals surface area contributed by atoms with E-state index in [1.165, 1.54) is 23.1 Å². The van der Waals surface area contributed by atoms with Gasteiger partial charge in [0, 0.05) is 42.7 Å². The fourth-order valence-electron chi connectivity index (χ4n) is 3.33. The number of hydrogen-bond acceptors (Lipinski definition) is 7. The second-order valence-electron chi connectivity index (χ2n) is 6.48. The lowest BCUT2D eigenvalue weighted by Crippen LogP contribution is -2.19. The Balaban J connectivity index is 1.55. The Bertz CT molecular complexity index is 1060. The number of hydrogen-bond donors (Lipinski definition) is 1. The molecule has 144 valence electrons. The second kappa shape index (κ2) is 7.99. The number of aromatic amines is 1. The summed E-state index contributed by atoms with van der Waals surface area (Å²) in [5.74, 6) is 0.489. The third kappa shape index (κ3) is 3.74. The van der Waals surface area contributed by atoms with Gasteiger partial charge in [-0.2, -0.15) is 0 Å². The first-order chi connectivity index (χ1) is 13.2. The van der Waals surface area contributed by atoms with Crippen LogP contribution in [0, 0.1) is 0 Å². The molecule has 1 N–H and O–H groups in total. The molecule has 3 heterocycles. The lowest BCUT2D eigenvalue weighted by molar-refractivity contribution is 0.189. The molecule has 1 aliphatic rings. The lowest BCUT2D eigenvalue weighted by Gasteiger charge is -2.10. The fourth-order valence-corrected chi connectivity index (χ4v) is 5.43. The monoisotopic (exact) mass is 407 g/mol. The van der Waals surface area contributed by atoms with Gasteiger partial charge in [0.15, 0.2) is 10.1 Å². The highest BCUT2D eigenvalue weighted by molar-refractivity contribution is 7.98. The zero-order chi connectivity index (χ0) is 18.8. The van der Waals surface area contributed by atoms with E-state index in [4.69, 9.17) is 4.74 Å². The molecule has 0 amide bonds. The first kappa shape index (κ1) is 18.5. The largest absolute Gasteiger partial charge is 0.385 e. The van der Waals surface area contributed by atoms with Crippen molar-refractivity contribution in [2.24, 2.45) is 0 Å². The van der Waals surface area contributed by atoms with E-state index in [0.29, 0.717) is 29.8 Å². The van der Waals surface area contributed by atoms with Crippen LogP contribution in [0.5, 0.6) is 0 Å². The van der Waals surface area contributed by atoms with Crippen molar-refractivity contribution in [2.45, 2.75) is 49.6 Å². The van der Waals surface area contributed by atoms with Gasteiger partial charge in [0.2, 0.25) is 0 Å². The summed E-state index contributed by atoms with van der Waals surface area (Å²) in [7, 11) is 1.64. The first-order valence-corrected chi connectivity index (χ1v) is 10.8. The Morgan fingerprint density at radius 3 is 3.04 bits per heavy atom. The number of fused-ring (bicyclic) bond motifs is 3. The van der Waals surface area contributed by atoms with Gasteiger partial charge >= 0.3 is 5.69 Å². The zero-order valence-corrected chi connectivity index (χ0v) is 16.7. The van der Waals surface area contributed by atoms with Crippen LogP contribution in [0.15, 0.2) is 20.8 Å². The molecule has 8 nitrogen and oxygen atoms in total. The Morgan fingerprint density at radius 1 is 1.33 bits per heavy atom. The van der Waals surface area contributed by atoms with Gasteiger partial charge in [-0.3, -0.25) is 13.8 Å². The van der Waals surface area contributed by atoms with Crippen LogP contribution in [0.3, 0.4) is 0 Å². The molecule has 0 unspecified atom stereocenters. The third-order valence-corrected chi connectivity index (χ3v) is 6.77. The maximum Gasteiger partial charge on any atom is 0.343 e. The molecule has 0 fully saturated rings. The maximum absolute atomic E-state index is 12.6. The van der Waals surface area contributed by atoms with E-state index in [0.717, 1.165) is 36.3 Å². The number of rotatable bonds is 7. The molecule has 0 spiro atoms. The SMILES string of the molecule is COCCCn1c(SCc2cc(=O)n3c4c(sc3n2)CCCC4)n[nH]c1=O. The quantitative estimate of drug-likeness (QED) is 0.474. The van der Waals surface area contributed by atoms with Gasteiger partial charge in [0.1, 0.15) is 0 Å². The Kier molecular flexibility index (Phi) is 5.46. The number of aryl methyl sites for hydroxylation is 2. The number of H-pyrrole nitrogens is 1. The smallest absolute Gasteiger partial charge is 0.343 e. The van der Waals surface area contributed by atoms with E-state index in [1.807, 2.05) is 0 Å². The summed E-state index contributed by atoms with van der Waals surface area (Å²) in [5.41, 5.74) is 1.59. The van der Waals surface area contributed by atoms with Crippen LogP contribution in [0.25, 0.3) is 4.96 Å². The average Bonchev–Trinajstić information content (AvgIpc) is 3.21. The molecule has 0 aliphatic heterocycles. The number of nitrogens with one attached hydrogen (secondary N) is 1. The molecule has 0 saturated heterocycles. The van der Waals surface area contributed by atoms with Crippen LogP contribution in [0.2, 0.25) is 0 Å².